The molecule has 0 saturated carbocycles. The third-order valence-electron chi connectivity index (χ3n) is 4.08. The molecule has 0 radical (unpaired) electrons. The zero-order valence-corrected chi connectivity index (χ0v) is 13.7. The highest BCUT2D eigenvalue weighted by Crippen LogP contribution is 2.22. The second-order valence-corrected chi connectivity index (χ2v) is 5.82. The van der Waals surface area contributed by atoms with E-state index >= 15 is 0 Å². The summed E-state index contributed by atoms with van der Waals surface area (Å²) in [6.07, 6.45) is 4.20. The van der Waals surface area contributed by atoms with Gasteiger partial charge >= 0.3 is 0 Å². The number of rotatable bonds is 6. The Hall–Kier alpha value is -2.75. The summed E-state index contributed by atoms with van der Waals surface area (Å²) in [5, 5.41) is 2.92. The Morgan fingerprint density at radius 2 is 1.75 bits per heavy atom. The van der Waals surface area contributed by atoms with E-state index in [1.165, 1.54) is 18.5 Å². The maximum Gasteiger partial charge on any atom is 0.255 e. The number of benzene rings is 2. The zero-order chi connectivity index (χ0) is 16.8. The van der Waals surface area contributed by atoms with Crippen LogP contribution in [0.4, 0.5) is 11.4 Å². The van der Waals surface area contributed by atoms with E-state index in [0.717, 1.165) is 24.5 Å². The summed E-state index contributed by atoms with van der Waals surface area (Å²) in [6.45, 7) is 6.29. The first-order valence-electron chi connectivity index (χ1n) is 8.26. The molecule has 1 aliphatic heterocycles. The molecule has 0 spiro atoms. The van der Waals surface area contributed by atoms with Crippen molar-refractivity contribution >= 4 is 17.3 Å². The number of amides is 1. The predicted molar refractivity (Wildman–Crippen MR) is 98.0 cm³/mol. The van der Waals surface area contributed by atoms with Crippen LogP contribution in [0.1, 0.15) is 23.2 Å². The normalized spacial score (nSPS) is 13.6. The Labute approximate surface area is 142 Å². The molecule has 4 heteroatoms. The van der Waals surface area contributed by atoms with Crippen LogP contribution in [0.5, 0.6) is 5.75 Å². The fourth-order valence-corrected chi connectivity index (χ4v) is 2.79. The Kier molecular flexibility index (Phi) is 5.16. The number of hydrogen-bond acceptors (Lipinski definition) is 3. The Morgan fingerprint density at radius 3 is 2.38 bits per heavy atom. The maximum atomic E-state index is 12.3. The van der Waals surface area contributed by atoms with Gasteiger partial charge in [0.2, 0.25) is 0 Å². The maximum absolute atomic E-state index is 12.3. The summed E-state index contributed by atoms with van der Waals surface area (Å²) in [6, 6.07) is 15.1. The first kappa shape index (κ1) is 16.1. The van der Waals surface area contributed by atoms with Crippen LogP contribution in [0, 0.1) is 0 Å². The van der Waals surface area contributed by atoms with Crippen LogP contribution in [0.25, 0.3) is 0 Å². The molecule has 0 aromatic heterocycles. The lowest BCUT2D eigenvalue weighted by Gasteiger charge is -2.17. The number of hydrogen-bond donors (Lipinski definition) is 1. The minimum atomic E-state index is -0.126. The van der Waals surface area contributed by atoms with Crippen molar-refractivity contribution in [3.63, 3.8) is 0 Å². The van der Waals surface area contributed by atoms with Gasteiger partial charge in [-0.15, -0.1) is 0 Å². The lowest BCUT2D eigenvalue weighted by molar-refractivity contribution is 0.102. The minimum Gasteiger partial charge on any atom is -0.490 e. The van der Waals surface area contributed by atoms with Crippen molar-refractivity contribution < 1.29 is 9.53 Å². The Balaban J connectivity index is 1.60. The Bertz CT molecular complexity index is 687. The van der Waals surface area contributed by atoms with E-state index in [0.29, 0.717) is 12.2 Å². The molecule has 0 atom stereocenters. The van der Waals surface area contributed by atoms with E-state index in [1.807, 2.05) is 12.1 Å². The monoisotopic (exact) mass is 322 g/mol. The van der Waals surface area contributed by atoms with Gasteiger partial charge in [-0.05, 0) is 61.4 Å². The third-order valence-corrected chi connectivity index (χ3v) is 4.08. The summed E-state index contributed by atoms with van der Waals surface area (Å²) < 4.78 is 5.42. The lowest BCUT2D eigenvalue weighted by atomic mass is 10.2. The van der Waals surface area contributed by atoms with Crippen LogP contribution < -0.4 is 15.0 Å². The van der Waals surface area contributed by atoms with E-state index in [4.69, 9.17) is 4.74 Å². The van der Waals surface area contributed by atoms with E-state index in [1.54, 1.807) is 30.3 Å². The van der Waals surface area contributed by atoms with Crippen LogP contribution in [0.3, 0.4) is 0 Å². The number of ether oxygens (including phenoxy) is 1. The molecule has 1 heterocycles. The molecule has 0 aliphatic carbocycles. The molecule has 1 saturated heterocycles. The van der Waals surface area contributed by atoms with Gasteiger partial charge in [0.05, 0.1) is 0 Å². The van der Waals surface area contributed by atoms with Crippen LogP contribution in [0.15, 0.2) is 61.2 Å². The SMILES string of the molecule is C=CCOc1ccc(C(=O)Nc2ccc(N3CCCC3)cc2)cc1. The minimum absolute atomic E-state index is 0.126. The number of carbonyl (C=O) groups is 1. The molecule has 1 fully saturated rings. The predicted octanol–water partition coefficient (Wildman–Crippen LogP) is 4.10. The summed E-state index contributed by atoms with van der Waals surface area (Å²) in [7, 11) is 0. The standard InChI is InChI=1S/C20H22N2O2/c1-2-15-24-19-11-5-16(6-12-19)20(23)21-17-7-9-18(10-8-17)22-13-3-4-14-22/h2,5-12H,1,3-4,13-15H2,(H,21,23). The van der Waals surface area contributed by atoms with Crippen molar-refractivity contribution in [3.8, 4) is 5.75 Å². The molecule has 2 aromatic rings. The fourth-order valence-electron chi connectivity index (χ4n) is 2.79. The Morgan fingerprint density at radius 1 is 1.08 bits per heavy atom. The average molecular weight is 322 g/mol. The van der Waals surface area contributed by atoms with E-state index in [2.05, 4.69) is 28.9 Å². The number of nitrogens with one attached hydrogen (secondary N) is 1. The van der Waals surface area contributed by atoms with Gasteiger partial charge in [-0.1, -0.05) is 12.7 Å². The molecule has 124 valence electrons. The van der Waals surface area contributed by atoms with Gasteiger partial charge in [-0.2, -0.15) is 0 Å². The van der Waals surface area contributed by atoms with E-state index in [9.17, 15) is 4.79 Å². The molecule has 24 heavy (non-hydrogen) atoms. The van der Waals surface area contributed by atoms with Crippen LogP contribution in [0.2, 0.25) is 0 Å². The molecule has 0 unspecified atom stereocenters. The van der Waals surface area contributed by atoms with Crippen molar-refractivity contribution in [2.24, 2.45) is 0 Å². The van der Waals surface area contributed by atoms with Gasteiger partial charge in [0.1, 0.15) is 12.4 Å². The van der Waals surface area contributed by atoms with Gasteiger partial charge in [0.25, 0.3) is 5.91 Å². The van der Waals surface area contributed by atoms with Gasteiger partial charge in [-0.25, -0.2) is 0 Å². The van der Waals surface area contributed by atoms with Crippen molar-refractivity contribution in [3.05, 3.63) is 66.7 Å². The highest BCUT2D eigenvalue weighted by Gasteiger charge is 2.12. The molecular formula is C20H22N2O2. The second-order valence-electron chi connectivity index (χ2n) is 5.82. The number of anilines is 2. The first-order chi connectivity index (χ1) is 11.8. The van der Waals surface area contributed by atoms with E-state index in [-0.39, 0.29) is 5.91 Å². The van der Waals surface area contributed by atoms with Crippen molar-refractivity contribution in [2.75, 3.05) is 29.9 Å². The molecule has 1 amide bonds. The highest BCUT2D eigenvalue weighted by atomic mass is 16.5. The molecule has 1 aliphatic rings. The molecular weight excluding hydrogens is 300 g/mol. The summed E-state index contributed by atoms with van der Waals surface area (Å²) in [5.41, 5.74) is 2.62. The zero-order valence-electron chi connectivity index (χ0n) is 13.7. The van der Waals surface area contributed by atoms with Gasteiger partial charge in [0, 0.05) is 30.0 Å². The quantitative estimate of drug-likeness (QED) is 0.814. The van der Waals surface area contributed by atoms with Gasteiger partial charge in [-0.3, -0.25) is 4.79 Å². The average Bonchev–Trinajstić information content (AvgIpc) is 3.15. The summed E-state index contributed by atoms with van der Waals surface area (Å²) in [5.74, 6) is 0.598. The van der Waals surface area contributed by atoms with Crippen LogP contribution in [-0.2, 0) is 0 Å². The largest absolute Gasteiger partial charge is 0.490 e. The van der Waals surface area contributed by atoms with Crippen molar-refractivity contribution in [2.45, 2.75) is 12.8 Å². The topological polar surface area (TPSA) is 41.6 Å². The number of nitrogens with zero attached hydrogens (tertiary/aromatic N) is 1. The molecule has 3 rings (SSSR count). The first-order valence-corrected chi connectivity index (χ1v) is 8.26. The second kappa shape index (κ2) is 7.68. The van der Waals surface area contributed by atoms with Gasteiger partial charge in [0.15, 0.2) is 0 Å². The smallest absolute Gasteiger partial charge is 0.255 e. The fraction of sp³-hybridized carbons (Fsp3) is 0.250. The third kappa shape index (κ3) is 3.96. The molecule has 1 N–H and O–H groups in total. The molecule has 4 nitrogen and oxygen atoms in total. The summed E-state index contributed by atoms with van der Waals surface area (Å²) in [4.78, 5) is 14.7. The van der Waals surface area contributed by atoms with E-state index < -0.39 is 0 Å². The van der Waals surface area contributed by atoms with Crippen molar-refractivity contribution in [1.29, 1.82) is 0 Å². The highest BCUT2D eigenvalue weighted by molar-refractivity contribution is 6.04. The number of carbonyl (C=O) groups excluding carboxylic acids is 1. The van der Waals surface area contributed by atoms with Crippen LogP contribution in [-0.4, -0.2) is 25.6 Å². The van der Waals surface area contributed by atoms with Crippen LogP contribution >= 0.6 is 0 Å². The lowest BCUT2D eigenvalue weighted by Crippen LogP contribution is -2.17. The molecule has 2 aromatic carbocycles. The molecule has 0 bridgehead atoms. The van der Waals surface area contributed by atoms with Crippen molar-refractivity contribution in [1.82, 2.24) is 0 Å². The van der Waals surface area contributed by atoms with Gasteiger partial charge < -0.3 is 15.0 Å². The summed E-state index contributed by atoms with van der Waals surface area (Å²) >= 11 is 0.